The molecule has 5 heteroatoms. The maximum Gasteiger partial charge on any atom is 0.326 e. The standard InChI is InChI=1S/C10H17NO4/c1-4-8(12)9(13)11-7(10(14)15)5-6(2)3/h6-7H,4-5H2,1-3H3,(H,11,13)(H,14,15). The Morgan fingerprint density at radius 3 is 2.13 bits per heavy atom. The monoisotopic (exact) mass is 215 g/mol. The second kappa shape index (κ2) is 6.16. The Labute approximate surface area is 88.9 Å². The number of amides is 1. The van der Waals surface area contributed by atoms with Crippen molar-refractivity contribution in [1.82, 2.24) is 5.32 Å². The van der Waals surface area contributed by atoms with Gasteiger partial charge in [0.1, 0.15) is 6.04 Å². The van der Waals surface area contributed by atoms with Gasteiger partial charge in [-0.25, -0.2) is 4.79 Å². The third kappa shape index (κ3) is 5.15. The molecule has 0 spiro atoms. The first-order valence-electron chi connectivity index (χ1n) is 4.95. The largest absolute Gasteiger partial charge is 0.480 e. The number of aliphatic carboxylic acids is 1. The van der Waals surface area contributed by atoms with Gasteiger partial charge in [0.15, 0.2) is 0 Å². The van der Waals surface area contributed by atoms with Gasteiger partial charge in [0.25, 0.3) is 5.91 Å². The lowest BCUT2D eigenvalue weighted by atomic mass is 10.0. The average Bonchev–Trinajstić information content (AvgIpc) is 2.14. The van der Waals surface area contributed by atoms with E-state index in [-0.39, 0.29) is 12.3 Å². The Balaban J connectivity index is 4.35. The number of nitrogens with one attached hydrogen (secondary N) is 1. The van der Waals surface area contributed by atoms with Gasteiger partial charge in [-0.3, -0.25) is 9.59 Å². The first kappa shape index (κ1) is 13.6. The fourth-order valence-electron chi connectivity index (χ4n) is 1.09. The van der Waals surface area contributed by atoms with Crippen molar-refractivity contribution in [1.29, 1.82) is 0 Å². The fourth-order valence-corrected chi connectivity index (χ4v) is 1.09. The molecule has 0 saturated carbocycles. The van der Waals surface area contributed by atoms with Gasteiger partial charge in [-0.05, 0) is 12.3 Å². The van der Waals surface area contributed by atoms with Crippen molar-refractivity contribution in [3.05, 3.63) is 0 Å². The van der Waals surface area contributed by atoms with E-state index in [4.69, 9.17) is 5.11 Å². The summed E-state index contributed by atoms with van der Waals surface area (Å²) in [6, 6.07) is -0.979. The van der Waals surface area contributed by atoms with E-state index in [9.17, 15) is 14.4 Å². The smallest absolute Gasteiger partial charge is 0.326 e. The fraction of sp³-hybridized carbons (Fsp3) is 0.700. The lowest BCUT2D eigenvalue weighted by molar-refractivity contribution is -0.144. The number of rotatable bonds is 6. The van der Waals surface area contributed by atoms with Crippen molar-refractivity contribution in [2.75, 3.05) is 0 Å². The highest BCUT2D eigenvalue weighted by Gasteiger charge is 2.23. The molecule has 0 saturated heterocycles. The lowest BCUT2D eigenvalue weighted by Gasteiger charge is -2.15. The maximum absolute atomic E-state index is 11.1. The molecule has 0 fully saturated rings. The van der Waals surface area contributed by atoms with E-state index in [1.54, 1.807) is 6.92 Å². The van der Waals surface area contributed by atoms with Gasteiger partial charge in [-0.1, -0.05) is 20.8 Å². The summed E-state index contributed by atoms with van der Waals surface area (Å²) in [5.41, 5.74) is 0. The topological polar surface area (TPSA) is 83.5 Å². The second-order valence-electron chi connectivity index (χ2n) is 3.77. The summed E-state index contributed by atoms with van der Waals surface area (Å²) >= 11 is 0. The third-order valence-electron chi connectivity index (χ3n) is 1.88. The van der Waals surface area contributed by atoms with Gasteiger partial charge in [0.2, 0.25) is 5.78 Å². The number of hydrogen-bond acceptors (Lipinski definition) is 3. The maximum atomic E-state index is 11.1. The molecular formula is C10H17NO4. The Kier molecular flexibility index (Phi) is 5.59. The Bertz CT molecular complexity index is 260. The molecule has 0 bridgehead atoms. The molecule has 1 amide bonds. The van der Waals surface area contributed by atoms with Gasteiger partial charge in [-0.2, -0.15) is 0 Å². The van der Waals surface area contributed by atoms with Gasteiger partial charge >= 0.3 is 5.97 Å². The van der Waals surface area contributed by atoms with Crippen molar-refractivity contribution in [3.63, 3.8) is 0 Å². The van der Waals surface area contributed by atoms with Crippen molar-refractivity contribution < 1.29 is 19.5 Å². The molecule has 86 valence electrons. The molecule has 0 heterocycles. The van der Waals surface area contributed by atoms with Crippen LogP contribution in [0.15, 0.2) is 0 Å². The molecule has 0 aromatic carbocycles. The molecule has 0 aromatic rings. The van der Waals surface area contributed by atoms with E-state index >= 15 is 0 Å². The molecule has 1 unspecified atom stereocenters. The van der Waals surface area contributed by atoms with Crippen LogP contribution in [0.5, 0.6) is 0 Å². The summed E-state index contributed by atoms with van der Waals surface area (Å²) in [4.78, 5) is 32.9. The first-order valence-corrected chi connectivity index (χ1v) is 4.95. The number of ketones is 1. The number of carboxylic acid groups (broad SMARTS) is 1. The molecule has 0 radical (unpaired) electrons. The molecular weight excluding hydrogens is 198 g/mol. The van der Waals surface area contributed by atoms with E-state index in [1.165, 1.54) is 0 Å². The quantitative estimate of drug-likeness (QED) is 0.635. The Morgan fingerprint density at radius 2 is 1.80 bits per heavy atom. The lowest BCUT2D eigenvalue weighted by Crippen LogP contribution is -2.44. The average molecular weight is 215 g/mol. The van der Waals surface area contributed by atoms with Crippen LogP contribution in [0.25, 0.3) is 0 Å². The SMILES string of the molecule is CCC(=O)C(=O)NC(CC(C)C)C(=O)O. The summed E-state index contributed by atoms with van der Waals surface area (Å²) in [7, 11) is 0. The molecule has 0 aliphatic heterocycles. The minimum absolute atomic E-state index is 0.0832. The van der Waals surface area contributed by atoms with Crippen LogP contribution < -0.4 is 5.32 Å². The highest BCUT2D eigenvalue weighted by atomic mass is 16.4. The molecule has 0 aliphatic rings. The van der Waals surface area contributed by atoms with Crippen molar-refractivity contribution in [3.8, 4) is 0 Å². The van der Waals surface area contributed by atoms with E-state index in [1.807, 2.05) is 13.8 Å². The number of hydrogen-bond donors (Lipinski definition) is 2. The zero-order chi connectivity index (χ0) is 12.0. The minimum atomic E-state index is -1.11. The predicted molar refractivity (Wildman–Crippen MR) is 54.3 cm³/mol. The van der Waals surface area contributed by atoms with Crippen molar-refractivity contribution in [2.24, 2.45) is 5.92 Å². The van der Waals surface area contributed by atoms with Crippen LogP contribution in [-0.2, 0) is 14.4 Å². The molecule has 0 rings (SSSR count). The van der Waals surface area contributed by atoms with E-state index in [0.717, 1.165) is 0 Å². The summed E-state index contributed by atoms with van der Waals surface area (Å²) in [5.74, 6) is -2.38. The van der Waals surface area contributed by atoms with Crippen LogP contribution in [0.4, 0.5) is 0 Å². The summed E-state index contributed by atoms with van der Waals surface area (Å²) in [6.07, 6.45) is 0.401. The van der Waals surface area contributed by atoms with Crippen LogP contribution >= 0.6 is 0 Å². The molecule has 5 nitrogen and oxygen atoms in total. The second-order valence-corrected chi connectivity index (χ2v) is 3.77. The number of carbonyl (C=O) groups is 3. The van der Waals surface area contributed by atoms with Crippen molar-refractivity contribution in [2.45, 2.75) is 39.7 Å². The van der Waals surface area contributed by atoms with E-state index in [2.05, 4.69) is 5.32 Å². The van der Waals surface area contributed by atoms with Gasteiger partial charge in [0, 0.05) is 6.42 Å². The molecule has 2 N–H and O–H groups in total. The van der Waals surface area contributed by atoms with Gasteiger partial charge in [-0.15, -0.1) is 0 Å². The zero-order valence-corrected chi connectivity index (χ0v) is 9.24. The van der Waals surface area contributed by atoms with Crippen LogP contribution in [0.2, 0.25) is 0 Å². The van der Waals surface area contributed by atoms with Crippen LogP contribution in [0.1, 0.15) is 33.6 Å². The highest BCUT2D eigenvalue weighted by molar-refractivity contribution is 6.36. The molecule has 0 aliphatic carbocycles. The predicted octanol–water partition coefficient (Wildman–Crippen LogP) is 0.581. The Morgan fingerprint density at radius 1 is 1.27 bits per heavy atom. The molecule has 0 aromatic heterocycles. The summed E-state index contributed by atoms with van der Waals surface area (Å²) in [6.45, 7) is 5.26. The number of Topliss-reactive ketones (excluding diaryl/α,β-unsaturated/α-hetero) is 1. The summed E-state index contributed by atoms with van der Waals surface area (Å²) < 4.78 is 0. The molecule has 1 atom stereocenters. The van der Waals surface area contributed by atoms with Crippen molar-refractivity contribution >= 4 is 17.7 Å². The third-order valence-corrected chi connectivity index (χ3v) is 1.88. The normalized spacial score (nSPS) is 12.3. The minimum Gasteiger partial charge on any atom is -0.480 e. The van der Waals surface area contributed by atoms with Crippen LogP contribution in [0, 0.1) is 5.92 Å². The van der Waals surface area contributed by atoms with E-state index in [0.29, 0.717) is 6.42 Å². The Hall–Kier alpha value is -1.39. The number of carbonyl (C=O) groups excluding carboxylic acids is 2. The van der Waals surface area contributed by atoms with Crippen LogP contribution in [0.3, 0.4) is 0 Å². The van der Waals surface area contributed by atoms with Gasteiger partial charge in [0.05, 0.1) is 0 Å². The van der Waals surface area contributed by atoms with Crippen LogP contribution in [-0.4, -0.2) is 28.8 Å². The number of carboxylic acids is 1. The molecule has 15 heavy (non-hydrogen) atoms. The first-order chi connectivity index (χ1) is 6.88. The summed E-state index contributed by atoms with van der Waals surface area (Å²) in [5, 5.41) is 11.0. The highest BCUT2D eigenvalue weighted by Crippen LogP contribution is 2.04. The van der Waals surface area contributed by atoms with E-state index < -0.39 is 23.7 Å². The van der Waals surface area contributed by atoms with Gasteiger partial charge < -0.3 is 10.4 Å². The zero-order valence-electron chi connectivity index (χ0n) is 9.24.